The number of nitrogens with zero attached hydrogens (tertiary/aromatic N) is 1. The summed E-state index contributed by atoms with van der Waals surface area (Å²) < 4.78 is 13.1. The second-order valence-corrected chi connectivity index (χ2v) is 12.4. The highest BCUT2D eigenvalue weighted by Crippen LogP contribution is 2.69. The van der Waals surface area contributed by atoms with E-state index in [1.165, 1.54) is 18.4 Å². The molecule has 39 heavy (non-hydrogen) atoms. The van der Waals surface area contributed by atoms with Gasteiger partial charge in [0.1, 0.15) is 12.4 Å². The minimum Gasteiger partial charge on any atom is -0.504 e. The van der Waals surface area contributed by atoms with E-state index in [2.05, 4.69) is 34.1 Å². The van der Waals surface area contributed by atoms with Gasteiger partial charge in [-0.25, -0.2) is 0 Å². The lowest BCUT2D eigenvalue weighted by Crippen LogP contribution is -2.74. The number of H-pyrrole nitrogens is 1. The molecule has 6 heteroatoms. The Morgan fingerprint density at radius 2 is 1.92 bits per heavy atom. The van der Waals surface area contributed by atoms with Crippen LogP contribution in [0.25, 0.3) is 10.9 Å². The summed E-state index contributed by atoms with van der Waals surface area (Å²) in [4.78, 5) is 6.27. The molecule has 1 saturated carbocycles. The summed E-state index contributed by atoms with van der Waals surface area (Å²) in [5, 5.41) is 25.0. The number of phenols is 1. The van der Waals surface area contributed by atoms with Gasteiger partial charge in [0, 0.05) is 35.5 Å². The van der Waals surface area contributed by atoms with Crippen molar-refractivity contribution in [2.24, 2.45) is 5.92 Å². The zero-order chi connectivity index (χ0) is 25.9. The third-order valence-corrected chi connectivity index (χ3v) is 10.4. The Morgan fingerprint density at radius 3 is 2.77 bits per heavy atom. The van der Waals surface area contributed by atoms with Gasteiger partial charge in [-0.15, -0.1) is 0 Å². The maximum absolute atomic E-state index is 13.1. The van der Waals surface area contributed by atoms with E-state index in [0.717, 1.165) is 70.9 Å². The van der Waals surface area contributed by atoms with Crippen molar-refractivity contribution in [3.8, 4) is 17.2 Å². The number of aromatic nitrogens is 1. The molecule has 0 unspecified atom stereocenters. The largest absolute Gasteiger partial charge is 0.504 e. The van der Waals surface area contributed by atoms with Gasteiger partial charge >= 0.3 is 0 Å². The summed E-state index contributed by atoms with van der Waals surface area (Å²) >= 11 is 0. The number of aliphatic hydroxyl groups is 1. The molecule has 3 aromatic carbocycles. The quantitative estimate of drug-likeness (QED) is 0.339. The second-order valence-electron chi connectivity index (χ2n) is 12.4. The van der Waals surface area contributed by atoms with Gasteiger partial charge in [-0.2, -0.15) is 0 Å². The number of aromatic hydroxyl groups is 1. The van der Waals surface area contributed by atoms with E-state index in [9.17, 15) is 10.2 Å². The molecule has 5 aliphatic rings. The molecule has 2 aliphatic heterocycles. The summed E-state index contributed by atoms with van der Waals surface area (Å²) in [5.74, 6) is 2.31. The molecule has 3 heterocycles. The number of fused-ring (bicyclic) bond motifs is 4. The number of hydrogen-bond donors (Lipinski definition) is 3. The number of hydrogen-bond acceptors (Lipinski definition) is 5. The van der Waals surface area contributed by atoms with Crippen LogP contribution in [0.5, 0.6) is 17.2 Å². The number of likely N-dealkylation sites (tertiary alicyclic amines) is 1. The summed E-state index contributed by atoms with van der Waals surface area (Å²) in [6.45, 7) is 2.48. The second kappa shape index (κ2) is 7.58. The van der Waals surface area contributed by atoms with Gasteiger partial charge < -0.3 is 24.7 Å². The molecular formula is C33H32N2O4. The predicted octanol–water partition coefficient (Wildman–Crippen LogP) is 5.15. The zero-order valence-electron chi connectivity index (χ0n) is 21.8. The fraction of sp³-hybridized carbons (Fsp3) is 0.394. The van der Waals surface area contributed by atoms with Crippen molar-refractivity contribution in [2.75, 3.05) is 13.1 Å². The van der Waals surface area contributed by atoms with Crippen LogP contribution < -0.4 is 9.47 Å². The van der Waals surface area contributed by atoms with E-state index >= 15 is 0 Å². The first-order valence-corrected chi connectivity index (χ1v) is 14.4. The van der Waals surface area contributed by atoms with Crippen molar-refractivity contribution in [1.82, 2.24) is 9.88 Å². The van der Waals surface area contributed by atoms with E-state index < -0.39 is 11.0 Å². The van der Waals surface area contributed by atoms with Gasteiger partial charge in [-0.1, -0.05) is 42.5 Å². The predicted molar refractivity (Wildman–Crippen MR) is 147 cm³/mol. The minimum absolute atomic E-state index is 0.0106. The van der Waals surface area contributed by atoms with Crippen LogP contribution in [-0.4, -0.2) is 44.8 Å². The van der Waals surface area contributed by atoms with Crippen LogP contribution >= 0.6 is 0 Å². The maximum atomic E-state index is 13.1. The first kappa shape index (κ1) is 22.3. The molecular weight excluding hydrogens is 488 g/mol. The van der Waals surface area contributed by atoms with E-state index in [-0.39, 0.29) is 17.9 Å². The number of aromatic amines is 1. The molecule has 4 atom stereocenters. The highest BCUT2D eigenvalue weighted by atomic mass is 16.5. The molecule has 4 aromatic rings. The van der Waals surface area contributed by atoms with Crippen LogP contribution in [0.4, 0.5) is 0 Å². The van der Waals surface area contributed by atoms with Crippen molar-refractivity contribution in [1.29, 1.82) is 0 Å². The first-order chi connectivity index (χ1) is 19.1. The number of phenolic OH excluding ortho intramolecular Hbond substituents is 1. The van der Waals surface area contributed by atoms with E-state index in [0.29, 0.717) is 18.8 Å². The van der Waals surface area contributed by atoms with Gasteiger partial charge in [-0.05, 0) is 73.0 Å². The van der Waals surface area contributed by atoms with Crippen LogP contribution in [0, 0.1) is 5.92 Å². The topological polar surface area (TPSA) is 78.0 Å². The van der Waals surface area contributed by atoms with Crippen molar-refractivity contribution in [3.05, 3.63) is 88.6 Å². The highest BCUT2D eigenvalue weighted by Gasteiger charge is 2.73. The molecule has 198 valence electrons. The summed E-state index contributed by atoms with van der Waals surface area (Å²) in [5.41, 5.74) is 4.89. The Bertz CT molecular complexity index is 1640. The molecule has 0 radical (unpaired) electrons. The number of rotatable bonds is 5. The van der Waals surface area contributed by atoms with Crippen molar-refractivity contribution >= 4 is 10.9 Å². The van der Waals surface area contributed by atoms with E-state index in [1.54, 1.807) is 6.07 Å². The Morgan fingerprint density at radius 1 is 1.05 bits per heavy atom. The summed E-state index contributed by atoms with van der Waals surface area (Å²) in [6.07, 6.45) is 4.33. The lowest BCUT2D eigenvalue weighted by Gasteiger charge is -2.62. The average molecular weight is 521 g/mol. The number of piperidine rings is 1. The molecule has 1 saturated heterocycles. The fourth-order valence-corrected chi connectivity index (χ4v) is 8.50. The number of benzene rings is 3. The number of ether oxygens (including phenoxy) is 2. The van der Waals surface area contributed by atoms with Gasteiger partial charge in [-0.3, -0.25) is 4.90 Å². The maximum Gasteiger partial charge on any atom is 0.166 e. The van der Waals surface area contributed by atoms with Crippen LogP contribution in [0.2, 0.25) is 0 Å². The normalized spacial score (nSPS) is 30.1. The molecule has 2 bridgehead atoms. The first-order valence-electron chi connectivity index (χ1n) is 14.4. The summed E-state index contributed by atoms with van der Waals surface area (Å²) in [6, 6.07) is 20.2. The molecule has 9 rings (SSSR count). The molecule has 3 N–H and O–H groups in total. The standard InChI is InChI=1S/C33H32N2O4/c36-24-12-11-21-15-26-33(37)16-22-27-23(7-4-8-25(27)38-18-20-5-2-1-3-6-20)34-29(22)31-32(33,28(21)30(24)39-31)13-14-35(26)17-19-9-10-19/h1-8,11-12,19,26,31,34,36-37H,9-10,13-18H2/t26-,31+,32+,33-/m1/s1. The molecule has 3 aliphatic carbocycles. The number of nitrogens with one attached hydrogen (secondary N) is 1. The van der Waals surface area contributed by atoms with Gasteiger partial charge in [0.05, 0.1) is 16.7 Å². The van der Waals surface area contributed by atoms with Crippen LogP contribution in [-0.2, 0) is 24.9 Å². The fourth-order valence-electron chi connectivity index (χ4n) is 8.50. The van der Waals surface area contributed by atoms with Crippen LogP contribution in [0.15, 0.2) is 60.7 Å². The highest BCUT2D eigenvalue weighted by molar-refractivity contribution is 5.91. The molecule has 2 fully saturated rings. The third kappa shape index (κ3) is 2.83. The van der Waals surface area contributed by atoms with Crippen LogP contribution in [0.3, 0.4) is 0 Å². The van der Waals surface area contributed by atoms with Crippen molar-refractivity contribution < 1.29 is 19.7 Å². The Labute approximate surface area is 227 Å². The lowest BCUT2D eigenvalue weighted by molar-refractivity contribution is -0.173. The van der Waals surface area contributed by atoms with Gasteiger partial charge in [0.15, 0.2) is 17.6 Å². The monoisotopic (exact) mass is 520 g/mol. The minimum atomic E-state index is -1.01. The summed E-state index contributed by atoms with van der Waals surface area (Å²) in [7, 11) is 0. The lowest BCUT2D eigenvalue weighted by atomic mass is 9.49. The van der Waals surface area contributed by atoms with Crippen LogP contribution in [0.1, 0.15) is 53.3 Å². The Kier molecular flexibility index (Phi) is 4.35. The van der Waals surface area contributed by atoms with Crippen molar-refractivity contribution in [2.45, 2.75) is 61.9 Å². The molecule has 1 aromatic heterocycles. The third-order valence-electron chi connectivity index (χ3n) is 10.4. The molecule has 0 amide bonds. The van der Waals surface area contributed by atoms with Crippen molar-refractivity contribution in [3.63, 3.8) is 0 Å². The van der Waals surface area contributed by atoms with Gasteiger partial charge in [0.25, 0.3) is 0 Å². The smallest absolute Gasteiger partial charge is 0.166 e. The van der Waals surface area contributed by atoms with Gasteiger partial charge in [0.2, 0.25) is 0 Å². The zero-order valence-corrected chi connectivity index (χ0v) is 21.8. The Hall–Kier alpha value is -3.48. The van der Waals surface area contributed by atoms with E-state index in [1.807, 2.05) is 30.3 Å². The Balaban J connectivity index is 1.23. The molecule has 6 nitrogen and oxygen atoms in total. The van der Waals surface area contributed by atoms with E-state index in [4.69, 9.17) is 9.47 Å². The average Bonchev–Trinajstić information content (AvgIpc) is 3.58. The molecule has 1 spiro atoms. The SMILES string of the molecule is Oc1ccc2c3c1O[C@H]1c4[nH]c5cccc(OCc6ccccc6)c5c4C[C@@]4(O)[C@@H](C2)N(CC2CC2)CC[C@]314.